The van der Waals surface area contributed by atoms with Crippen LogP contribution in [0.1, 0.15) is 26.2 Å². The number of carboxylic acid groups (broad SMARTS) is 1. The van der Waals surface area contributed by atoms with Crippen LogP contribution >= 0.6 is 0 Å². The number of unbranched alkanes of at least 4 members (excludes halogenated alkanes) is 2. The Bertz CT molecular complexity index is 128. The summed E-state index contributed by atoms with van der Waals surface area (Å²) in [7, 11) is 0. The van der Waals surface area contributed by atoms with Crippen LogP contribution in [0.2, 0.25) is 0 Å². The van der Waals surface area contributed by atoms with E-state index in [0.29, 0.717) is 19.6 Å². The molecule has 0 bridgehead atoms. The molecule has 0 aromatic heterocycles. The van der Waals surface area contributed by atoms with E-state index in [2.05, 4.69) is 0 Å². The summed E-state index contributed by atoms with van der Waals surface area (Å²) >= 11 is 0. The molecule has 0 atom stereocenters. The van der Waals surface area contributed by atoms with Gasteiger partial charge in [-0.05, 0) is 26.3 Å². The van der Waals surface area contributed by atoms with Crippen LogP contribution in [0, 0.1) is 0 Å². The normalized spacial score (nSPS) is 9.83. The lowest BCUT2D eigenvalue weighted by molar-refractivity contribution is 0.147. The van der Waals surface area contributed by atoms with E-state index < -0.39 is 6.09 Å². The maximum atomic E-state index is 10.5. The largest absolute Gasteiger partial charge is 0.465 e. The predicted octanol–water partition coefficient (Wildman–Crippen LogP) is 1.12. The summed E-state index contributed by atoms with van der Waals surface area (Å²) in [6.07, 6.45) is 2.08. The molecule has 0 aliphatic carbocycles. The monoisotopic (exact) mass is 174 g/mol. The van der Waals surface area contributed by atoms with Crippen LogP contribution in [0.4, 0.5) is 4.79 Å². The summed E-state index contributed by atoms with van der Waals surface area (Å²) in [5, 5.41) is 8.63. The first-order valence-electron chi connectivity index (χ1n) is 4.40. The van der Waals surface area contributed by atoms with Crippen LogP contribution in [-0.2, 0) is 0 Å². The molecule has 0 radical (unpaired) electrons. The zero-order chi connectivity index (χ0) is 9.40. The Morgan fingerprint density at radius 1 is 1.42 bits per heavy atom. The van der Waals surface area contributed by atoms with Gasteiger partial charge in [-0.25, -0.2) is 4.79 Å². The minimum atomic E-state index is -0.828. The summed E-state index contributed by atoms with van der Waals surface area (Å²) in [6.45, 7) is 3.74. The highest BCUT2D eigenvalue weighted by Gasteiger charge is 2.06. The molecular weight excluding hydrogens is 156 g/mol. The van der Waals surface area contributed by atoms with Gasteiger partial charge in [0.05, 0.1) is 0 Å². The Kier molecular flexibility index (Phi) is 6.47. The molecule has 0 aromatic carbocycles. The lowest BCUT2D eigenvalue weighted by Crippen LogP contribution is -2.30. The van der Waals surface area contributed by atoms with Crippen LogP contribution < -0.4 is 5.73 Å². The first kappa shape index (κ1) is 11.2. The zero-order valence-corrected chi connectivity index (χ0v) is 7.62. The molecule has 0 spiro atoms. The van der Waals surface area contributed by atoms with Crippen molar-refractivity contribution in [2.75, 3.05) is 19.6 Å². The number of carbonyl (C=O) groups is 1. The third-order valence-corrected chi connectivity index (χ3v) is 1.78. The molecule has 12 heavy (non-hydrogen) atoms. The smallest absolute Gasteiger partial charge is 0.407 e. The van der Waals surface area contributed by atoms with Gasteiger partial charge in [0.2, 0.25) is 0 Å². The molecule has 0 fully saturated rings. The van der Waals surface area contributed by atoms with Gasteiger partial charge in [-0.3, -0.25) is 0 Å². The molecule has 0 saturated carbocycles. The van der Waals surface area contributed by atoms with E-state index >= 15 is 0 Å². The first-order valence-corrected chi connectivity index (χ1v) is 4.40. The topological polar surface area (TPSA) is 66.6 Å². The Morgan fingerprint density at radius 3 is 2.50 bits per heavy atom. The maximum Gasteiger partial charge on any atom is 0.407 e. The van der Waals surface area contributed by atoms with Crippen molar-refractivity contribution in [2.24, 2.45) is 5.73 Å². The van der Waals surface area contributed by atoms with Gasteiger partial charge in [0.1, 0.15) is 0 Å². The molecule has 1 amide bonds. The van der Waals surface area contributed by atoms with Gasteiger partial charge in [-0.15, -0.1) is 0 Å². The summed E-state index contributed by atoms with van der Waals surface area (Å²) in [5.74, 6) is 0. The lowest BCUT2D eigenvalue weighted by atomic mass is 10.2. The quantitative estimate of drug-likeness (QED) is 0.593. The molecule has 0 aliphatic rings. The van der Waals surface area contributed by atoms with Crippen molar-refractivity contribution in [1.29, 1.82) is 0 Å². The van der Waals surface area contributed by atoms with E-state index in [0.717, 1.165) is 19.3 Å². The number of hydrogen-bond donors (Lipinski definition) is 2. The van der Waals surface area contributed by atoms with Gasteiger partial charge in [-0.2, -0.15) is 0 Å². The van der Waals surface area contributed by atoms with Gasteiger partial charge in [0.25, 0.3) is 0 Å². The fraction of sp³-hybridized carbons (Fsp3) is 0.875. The minimum Gasteiger partial charge on any atom is -0.465 e. The van der Waals surface area contributed by atoms with E-state index in [1.54, 1.807) is 0 Å². The number of rotatable bonds is 6. The summed E-state index contributed by atoms with van der Waals surface area (Å²) in [5.41, 5.74) is 5.31. The molecule has 0 aromatic rings. The second kappa shape index (κ2) is 6.91. The zero-order valence-electron chi connectivity index (χ0n) is 7.62. The highest BCUT2D eigenvalue weighted by atomic mass is 16.4. The van der Waals surface area contributed by atoms with E-state index in [1.807, 2.05) is 6.92 Å². The number of nitrogens with two attached hydrogens (primary N) is 1. The summed E-state index contributed by atoms with van der Waals surface area (Å²) in [6, 6.07) is 0. The Hall–Kier alpha value is -0.770. The molecular formula is C8H18N2O2. The van der Waals surface area contributed by atoms with E-state index in [1.165, 1.54) is 4.90 Å². The summed E-state index contributed by atoms with van der Waals surface area (Å²) < 4.78 is 0. The SMILES string of the molecule is CCN(CCCCCN)C(=O)O. The molecule has 72 valence electrons. The number of nitrogens with zero attached hydrogens (tertiary/aromatic N) is 1. The molecule has 0 rings (SSSR count). The average molecular weight is 174 g/mol. The van der Waals surface area contributed by atoms with Gasteiger partial charge >= 0.3 is 6.09 Å². The third kappa shape index (κ3) is 4.96. The van der Waals surface area contributed by atoms with Crippen molar-refractivity contribution in [1.82, 2.24) is 4.90 Å². The highest BCUT2D eigenvalue weighted by molar-refractivity contribution is 5.64. The minimum absolute atomic E-state index is 0.567. The molecule has 4 heteroatoms. The highest BCUT2D eigenvalue weighted by Crippen LogP contribution is 1.97. The summed E-state index contributed by atoms with van der Waals surface area (Å²) in [4.78, 5) is 11.9. The molecule has 4 nitrogen and oxygen atoms in total. The van der Waals surface area contributed by atoms with Gasteiger partial charge < -0.3 is 15.7 Å². The lowest BCUT2D eigenvalue weighted by Gasteiger charge is -2.16. The molecule has 0 saturated heterocycles. The van der Waals surface area contributed by atoms with Crippen LogP contribution in [0.3, 0.4) is 0 Å². The van der Waals surface area contributed by atoms with Crippen LogP contribution in [0.5, 0.6) is 0 Å². The van der Waals surface area contributed by atoms with Crippen LogP contribution in [0.25, 0.3) is 0 Å². The van der Waals surface area contributed by atoms with E-state index in [-0.39, 0.29) is 0 Å². The molecule has 3 N–H and O–H groups in total. The molecule has 0 aliphatic heterocycles. The van der Waals surface area contributed by atoms with Gasteiger partial charge in [0.15, 0.2) is 0 Å². The van der Waals surface area contributed by atoms with Crippen molar-refractivity contribution in [3.05, 3.63) is 0 Å². The van der Waals surface area contributed by atoms with Gasteiger partial charge in [0, 0.05) is 13.1 Å². The second-order valence-electron chi connectivity index (χ2n) is 2.71. The van der Waals surface area contributed by atoms with Crippen molar-refractivity contribution in [3.63, 3.8) is 0 Å². The second-order valence-corrected chi connectivity index (χ2v) is 2.71. The fourth-order valence-electron chi connectivity index (χ4n) is 1.01. The maximum absolute atomic E-state index is 10.5. The Labute approximate surface area is 73.3 Å². The van der Waals surface area contributed by atoms with Crippen molar-refractivity contribution in [3.8, 4) is 0 Å². The predicted molar refractivity (Wildman–Crippen MR) is 48.2 cm³/mol. The van der Waals surface area contributed by atoms with Crippen LogP contribution in [0.15, 0.2) is 0 Å². The molecule has 0 unspecified atom stereocenters. The van der Waals surface area contributed by atoms with Crippen LogP contribution in [-0.4, -0.2) is 35.7 Å². The van der Waals surface area contributed by atoms with Crippen molar-refractivity contribution in [2.45, 2.75) is 26.2 Å². The van der Waals surface area contributed by atoms with E-state index in [4.69, 9.17) is 10.8 Å². The number of amides is 1. The fourth-order valence-corrected chi connectivity index (χ4v) is 1.01. The Balaban J connectivity index is 3.38. The molecule has 0 heterocycles. The average Bonchev–Trinajstić information content (AvgIpc) is 2.04. The van der Waals surface area contributed by atoms with Crippen molar-refractivity contribution < 1.29 is 9.90 Å². The van der Waals surface area contributed by atoms with Crippen molar-refractivity contribution >= 4 is 6.09 Å². The third-order valence-electron chi connectivity index (χ3n) is 1.78. The standard InChI is InChI=1S/C8H18N2O2/c1-2-10(8(11)12)7-5-3-4-6-9/h2-7,9H2,1H3,(H,11,12). The van der Waals surface area contributed by atoms with Gasteiger partial charge in [-0.1, -0.05) is 6.42 Å². The number of hydrogen-bond acceptors (Lipinski definition) is 2. The Morgan fingerprint density at radius 2 is 2.08 bits per heavy atom. The first-order chi connectivity index (χ1) is 5.72. The van der Waals surface area contributed by atoms with E-state index in [9.17, 15) is 4.79 Å².